The minimum atomic E-state index is -0.0905. The lowest BCUT2D eigenvalue weighted by atomic mass is 10.0. The Labute approximate surface area is 140 Å². The molecular formula is C14H16Cl3N3O. The maximum atomic E-state index is 12.2. The SMILES string of the molecule is Cl.Cl.O=C(NCC1CNC1)c1ccc(Cl)c2cccnc12. The highest BCUT2D eigenvalue weighted by Crippen LogP contribution is 2.24. The Balaban J connectivity index is 0.00000110. The van der Waals surface area contributed by atoms with Gasteiger partial charge >= 0.3 is 0 Å². The van der Waals surface area contributed by atoms with Crippen LogP contribution >= 0.6 is 36.4 Å². The van der Waals surface area contributed by atoms with Gasteiger partial charge in [-0.25, -0.2) is 0 Å². The van der Waals surface area contributed by atoms with Crippen LogP contribution in [0.3, 0.4) is 0 Å². The number of nitrogens with one attached hydrogen (secondary N) is 2. The molecule has 1 aliphatic heterocycles. The Bertz CT molecular complexity index is 632. The van der Waals surface area contributed by atoms with E-state index in [-0.39, 0.29) is 30.7 Å². The van der Waals surface area contributed by atoms with Gasteiger partial charge in [0.25, 0.3) is 5.91 Å². The zero-order chi connectivity index (χ0) is 13.2. The van der Waals surface area contributed by atoms with Gasteiger partial charge in [0.15, 0.2) is 0 Å². The number of aromatic nitrogens is 1. The molecule has 3 rings (SSSR count). The van der Waals surface area contributed by atoms with E-state index < -0.39 is 0 Å². The van der Waals surface area contributed by atoms with Crippen molar-refractivity contribution < 1.29 is 4.79 Å². The first kappa shape index (κ1) is 18.0. The van der Waals surface area contributed by atoms with Crippen molar-refractivity contribution in [2.75, 3.05) is 19.6 Å². The van der Waals surface area contributed by atoms with Gasteiger partial charge in [0, 0.05) is 37.1 Å². The van der Waals surface area contributed by atoms with E-state index in [4.69, 9.17) is 11.6 Å². The van der Waals surface area contributed by atoms with Crippen LogP contribution in [0.25, 0.3) is 10.9 Å². The van der Waals surface area contributed by atoms with Crippen molar-refractivity contribution in [3.8, 4) is 0 Å². The predicted octanol–water partition coefficient (Wildman–Crippen LogP) is 2.68. The van der Waals surface area contributed by atoms with E-state index in [1.165, 1.54) is 0 Å². The van der Waals surface area contributed by atoms with E-state index in [2.05, 4.69) is 15.6 Å². The minimum Gasteiger partial charge on any atom is -0.352 e. The van der Waals surface area contributed by atoms with E-state index in [1.54, 1.807) is 18.3 Å². The third-order valence-corrected chi connectivity index (χ3v) is 3.71. The predicted molar refractivity (Wildman–Crippen MR) is 89.9 cm³/mol. The Morgan fingerprint density at radius 1 is 1.33 bits per heavy atom. The lowest BCUT2D eigenvalue weighted by Crippen LogP contribution is -2.48. The zero-order valence-corrected chi connectivity index (χ0v) is 13.5. The van der Waals surface area contributed by atoms with Gasteiger partial charge in [-0.3, -0.25) is 9.78 Å². The van der Waals surface area contributed by atoms with Crippen LogP contribution in [0.1, 0.15) is 10.4 Å². The molecule has 1 aromatic heterocycles. The van der Waals surface area contributed by atoms with Crippen molar-refractivity contribution in [1.29, 1.82) is 0 Å². The molecule has 0 aliphatic carbocycles. The van der Waals surface area contributed by atoms with Crippen LogP contribution in [0, 0.1) is 5.92 Å². The Hall–Kier alpha value is -1.07. The molecule has 114 valence electrons. The Kier molecular flexibility index (Phi) is 6.68. The Morgan fingerprint density at radius 3 is 2.76 bits per heavy atom. The molecule has 0 bridgehead atoms. The van der Waals surface area contributed by atoms with Gasteiger partial charge in [0.1, 0.15) is 0 Å². The number of benzene rings is 1. The van der Waals surface area contributed by atoms with Crippen molar-refractivity contribution in [3.63, 3.8) is 0 Å². The van der Waals surface area contributed by atoms with Crippen molar-refractivity contribution >= 4 is 53.2 Å². The van der Waals surface area contributed by atoms with Crippen molar-refractivity contribution in [3.05, 3.63) is 41.0 Å². The summed E-state index contributed by atoms with van der Waals surface area (Å²) >= 11 is 6.11. The van der Waals surface area contributed by atoms with Crippen molar-refractivity contribution in [2.24, 2.45) is 5.92 Å². The highest BCUT2D eigenvalue weighted by atomic mass is 35.5. The highest BCUT2D eigenvalue weighted by molar-refractivity contribution is 6.36. The van der Waals surface area contributed by atoms with Gasteiger partial charge < -0.3 is 10.6 Å². The van der Waals surface area contributed by atoms with Crippen LogP contribution in [-0.4, -0.2) is 30.5 Å². The topological polar surface area (TPSA) is 54.0 Å². The number of hydrogen-bond acceptors (Lipinski definition) is 3. The second-order valence-corrected chi connectivity index (χ2v) is 5.14. The molecular weight excluding hydrogens is 333 g/mol. The number of nitrogens with zero attached hydrogens (tertiary/aromatic N) is 1. The lowest BCUT2D eigenvalue weighted by molar-refractivity contribution is 0.0943. The highest BCUT2D eigenvalue weighted by Gasteiger charge is 2.19. The number of halogens is 3. The van der Waals surface area contributed by atoms with Crippen LogP contribution in [-0.2, 0) is 0 Å². The molecule has 1 saturated heterocycles. The first-order valence-corrected chi connectivity index (χ1v) is 6.65. The molecule has 7 heteroatoms. The lowest BCUT2D eigenvalue weighted by Gasteiger charge is -2.27. The summed E-state index contributed by atoms with van der Waals surface area (Å²) < 4.78 is 0. The zero-order valence-electron chi connectivity index (χ0n) is 11.1. The Morgan fingerprint density at radius 2 is 2.10 bits per heavy atom. The number of hydrogen-bond donors (Lipinski definition) is 2. The van der Waals surface area contributed by atoms with Crippen LogP contribution < -0.4 is 10.6 Å². The molecule has 21 heavy (non-hydrogen) atoms. The summed E-state index contributed by atoms with van der Waals surface area (Å²) in [7, 11) is 0. The summed E-state index contributed by atoms with van der Waals surface area (Å²) in [4.78, 5) is 16.5. The molecule has 4 nitrogen and oxygen atoms in total. The van der Waals surface area contributed by atoms with Gasteiger partial charge in [0.05, 0.1) is 16.1 Å². The number of amides is 1. The molecule has 2 aromatic rings. The summed E-state index contributed by atoms with van der Waals surface area (Å²) in [6.45, 7) is 2.64. The second kappa shape index (κ2) is 7.80. The van der Waals surface area contributed by atoms with Gasteiger partial charge in [-0.15, -0.1) is 24.8 Å². The maximum absolute atomic E-state index is 12.2. The third-order valence-electron chi connectivity index (χ3n) is 3.38. The molecule has 0 atom stereocenters. The number of carbonyl (C=O) groups excluding carboxylic acids is 1. The number of pyridine rings is 1. The summed E-state index contributed by atoms with van der Waals surface area (Å²) in [6.07, 6.45) is 1.67. The van der Waals surface area contributed by atoms with Gasteiger partial charge in [-0.1, -0.05) is 11.6 Å². The van der Waals surface area contributed by atoms with Crippen LogP contribution in [0.15, 0.2) is 30.5 Å². The fourth-order valence-corrected chi connectivity index (χ4v) is 2.36. The summed E-state index contributed by atoms with van der Waals surface area (Å²) in [5.74, 6) is 0.447. The fourth-order valence-electron chi connectivity index (χ4n) is 2.15. The van der Waals surface area contributed by atoms with Crippen LogP contribution in [0.4, 0.5) is 0 Å². The van der Waals surface area contributed by atoms with E-state index in [9.17, 15) is 4.79 Å². The van der Waals surface area contributed by atoms with Crippen LogP contribution in [0.5, 0.6) is 0 Å². The summed E-state index contributed by atoms with van der Waals surface area (Å²) in [5, 5.41) is 7.55. The average Bonchev–Trinajstić information content (AvgIpc) is 2.37. The van der Waals surface area contributed by atoms with E-state index in [0.717, 1.165) is 18.5 Å². The molecule has 2 N–H and O–H groups in total. The molecule has 1 amide bonds. The summed E-state index contributed by atoms with van der Waals surface area (Å²) in [6, 6.07) is 7.16. The van der Waals surface area contributed by atoms with Crippen molar-refractivity contribution in [1.82, 2.24) is 15.6 Å². The average molecular weight is 349 g/mol. The van der Waals surface area contributed by atoms with Gasteiger partial charge in [-0.05, 0) is 24.3 Å². The number of rotatable bonds is 3. The standard InChI is InChI=1S/C14H14ClN3O.2ClH/c15-12-4-3-11(13-10(12)2-1-5-17-13)14(19)18-8-9-6-16-7-9;;/h1-5,9,16H,6-8H2,(H,18,19);2*1H. The monoisotopic (exact) mass is 347 g/mol. The second-order valence-electron chi connectivity index (χ2n) is 4.73. The van der Waals surface area contributed by atoms with Gasteiger partial charge in [0.2, 0.25) is 0 Å². The molecule has 0 unspecified atom stereocenters. The van der Waals surface area contributed by atoms with E-state index >= 15 is 0 Å². The van der Waals surface area contributed by atoms with Gasteiger partial charge in [-0.2, -0.15) is 0 Å². The first-order chi connectivity index (χ1) is 9.25. The number of carbonyl (C=O) groups is 1. The number of fused-ring (bicyclic) bond motifs is 1. The molecule has 1 fully saturated rings. The normalized spacial score (nSPS) is 13.8. The maximum Gasteiger partial charge on any atom is 0.253 e. The molecule has 0 saturated carbocycles. The smallest absolute Gasteiger partial charge is 0.253 e. The fraction of sp³-hybridized carbons (Fsp3) is 0.286. The summed E-state index contributed by atoms with van der Waals surface area (Å²) in [5.41, 5.74) is 1.23. The third kappa shape index (κ3) is 3.77. The van der Waals surface area contributed by atoms with E-state index in [1.807, 2.05) is 12.1 Å². The molecule has 0 radical (unpaired) electrons. The molecule has 0 spiro atoms. The molecule has 2 heterocycles. The molecule has 1 aromatic carbocycles. The van der Waals surface area contributed by atoms with E-state index in [0.29, 0.717) is 28.6 Å². The van der Waals surface area contributed by atoms with Crippen molar-refractivity contribution in [2.45, 2.75) is 0 Å². The van der Waals surface area contributed by atoms with Crippen LogP contribution in [0.2, 0.25) is 5.02 Å². The minimum absolute atomic E-state index is 0. The molecule has 1 aliphatic rings. The quantitative estimate of drug-likeness (QED) is 0.896. The first-order valence-electron chi connectivity index (χ1n) is 6.28. The largest absolute Gasteiger partial charge is 0.352 e.